The first-order chi connectivity index (χ1) is 9.24. The number of rotatable bonds is 9. The molecule has 6 heteroatoms. The topological polar surface area (TPSA) is 76.3 Å². The van der Waals surface area contributed by atoms with Crippen molar-refractivity contribution in [2.24, 2.45) is 5.84 Å². The van der Waals surface area contributed by atoms with Crippen molar-refractivity contribution in [3.63, 3.8) is 0 Å². The Balaban J connectivity index is 2.89. The second-order valence-electron chi connectivity index (χ2n) is 4.24. The van der Waals surface area contributed by atoms with E-state index in [-0.39, 0.29) is 0 Å². The van der Waals surface area contributed by atoms with E-state index in [1.54, 1.807) is 0 Å². The quantitative estimate of drug-likeness (QED) is 0.526. The molecule has 0 saturated heterocycles. The van der Waals surface area contributed by atoms with Gasteiger partial charge in [-0.15, -0.1) is 0 Å². The number of nitrogens with zero attached hydrogens (tertiary/aromatic N) is 3. The van der Waals surface area contributed by atoms with Gasteiger partial charge in [-0.3, -0.25) is 0 Å². The zero-order chi connectivity index (χ0) is 14.1. The van der Waals surface area contributed by atoms with Crippen LogP contribution in [-0.4, -0.2) is 29.7 Å². The number of anilines is 2. The molecule has 0 fully saturated rings. The van der Waals surface area contributed by atoms with Gasteiger partial charge in [0.25, 0.3) is 0 Å². The molecule has 6 nitrogen and oxygen atoms in total. The predicted molar refractivity (Wildman–Crippen MR) is 78.0 cm³/mol. The molecule has 0 radical (unpaired) electrons. The molecule has 0 unspecified atom stereocenters. The van der Waals surface area contributed by atoms with Crippen molar-refractivity contribution >= 4 is 11.6 Å². The van der Waals surface area contributed by atoms with E-state index in [0.717, 1.165) is 31.7 Å². The Kier molecular flexibility index (Phi) is 7.14. The maximum Gasteiger partial charge on any atom is 0.158 e. The van der Waals surface area contributed by atoms with Crippen LogP contribution in [0.3, 0.4) is 0 Å². The largest absolute Gasteiger partial charge is 0.374 e. The molecule has 3 N–H and O–H groups in total. The van der Waals surface area contributed by atoms with Gasteiger partial charge in [-0.25, -0.2) is 15.8 Å². The molecule has 0 aliphatic carbocycles. The SMILES string of the molecule is CCCCN(CC)c1cc(NN)nc(COCC)n1. The van der Waals surface area contributed by atoms with Crippen LogP contribution in [0, 0.1) is 0 Å². The van der Waals surface area contributed by atoms with Crippen LogP contribution >= 0.6 is 0 Å². The standard InChI is InChI=1S/C13H25N5O/c1-4-7-8-18(5-2)13-9-11(17-14)15-12(16-13)10-19-6-3/h9H,4-8,10,14H2,1-3H3,(H,15,16,17). The Morgan fingerprint density at radius 2 is 2.11 bits per heavy atom. The van der Waals surface area contributed by atoms with E-state index < -0.39 is 0 Å². The number of nitrogens with two attached hydrogens (primary N) is 1. The van der Waals surface area contributed by atoms with Gasteiger partial charge in [-0.1, -0.05) is 13.3 Å². The van der Waals surface area contributed by atoms with Gasteiger partial charge in [0.05, 0.1) is 0 Å². The first kappa shape index (κ1) is 15.7. The number of hydrazine groups is 1. The highest BCUT2D eigenvalue weighted by atomic mass is 16.5. The van der Waals surface area contributed by atoms with Crippen molar-refractivity contribution in [1.29, 1.82) is 0 Å². The maximum atomic E-state index is 5.46. The average molecular weight is 267 g/mol. The lowest BCUT2D eigenvalue weighted by atomic mass is 10.3. The molecule has 0 bridgehead atoms. The minimum atomic E-state index is 0.407. The molecule has 1 aromatic heterocycles. The van der Waals surface area contributed by atoms with Gasteiger partial charge in [0.1, 0.15) is 18.2 Å². The third-order valence-corrected chi connectivity index (χ3v) is 2.83. The van der Waals surface area contributed by atoms with E-state index in [1.165, 1.54) is 0 Å². The first-order valence-corrected chi connectivity index (χ1v) is 6.92. The fraction of sp³-hybridized carbons (Fsp3) is 0.692. The van der Waals surface area contributed by atoms with Crippen LogP contribution in [0.15, 0.2) is 6.07 Å². The highest BCUT2D eigenvalue weighted by Gasteiger charge is 2.10. The van der Waals surface area contributed by atoms with E-state index in [1.807, 2.05) is 13.0 Å². The van der Waals surface area contributed by atoms with Gasteiger partial charge in [0.15, 0.2) is 5.82 Å². The lowest BCUT2D eigenvalue weighted by molar-refractivity contribution is 0.128. The van der Waals surface area contributed by atoms with Crippen LogP contribution in [-0.2, 0) is 11.3 Å². The molecular formula is C13H25N5O. The van der Waals surface area contributed by atoms with E-state index >= 15 is 0 Å². The molecular weight excluding hydrogens is 242 g/mol. The van der Waals surface area contributed by atoms with E-state index in [0.29, 0.717) is 24.9 Å². The minimum absolute atomic E-state index is 0.407. The second kappa shape index (κ2) is 8.66. The number of nitrogens with one attached hydrogen (secondary N) is 1. The highest BCUT2D eigenvalue weighted by molar-refractivity contribution is 5.48. The van der Waals surface area contributed by atoms with Crippen molar-refractivity contribution in [2.45, 2.75) is 40.2 Å². The summed E-state index contributed by atoms with van der Waals surface area (Å²) < 4.78 is 5.36. The summed E-state index contributed by atoms with van der Waals surface area (Å²) in [6.45, 7) is 9.20. The van der Waals surface area contributed by atoms with E-state index in [2.05, 4.69) is 34.1 Å². The normalized spacial score (nSPS) is 10.5. The molecule has 0 saturated carbocycles. The summed E-state index contributed by atoms with van der Waals surface area (Å²) in [5.41, 5.74) is 2.59. The predicted octanol–water partition coefficient (Wildman–Crippen LogP) is 1.93. The fourth-order valence-corrected chi connectivity index (χ4v) is 1.76. The van der Waals surface area contributed by atoms with Gasteiger partial charge in [0, 0.05) is 25.8 Å². The summed E-state index contributed by atoms with van der Waals surface area (Å²) in [5.74, 6) is 7.63. The molecule has 0 aliphatic heterocycles. The van der Waals surface area contributed by atoms with Crippen LogP contribution in [0.4, 0.5) is 11.6 Å². The number of unbranched alkanes of at least 4 members (excludes halogenated alkanes) is 1. The highest BCUT2D eigenvalue weighted by Crippen LogP contribution is 2.16. The third-order valence-electron chi connectivity index (χ3n) is 2.83. The van der Waals surface area contributed by atoms with Crippen LogP contribution < -0.4 is 16.2 Å². The molecule has 0 spiro atoms. The van der Waals surface area contributed by atoms with Crippen molar-refractivity contribution < 1.29 is 4.74 Å². The number of hydrogen-bond donors (Lipinski definition) is 2. The molecule has 0 atom stereocenters. The Hall–Kier alpha value is -1.40. The van der Waals surface area contributed by atoms with Crippen LogP contribution in [0.25, 0.3) is 0 Å². The lowest BCUT2D eigenvalue weighted by Crippen LogP contribution is -2.26. The van der Waals surface area contributed by atoms with Gasteiger partial charge in [0.2, 0.25) is 0 Å². The monoisotopic (exact) mass is 267 g/mol. The first-order valence-electron chi connectivity index (χ1n) is 6.92. The van der Waals surface area contributed by atoms with E-state index in [9.17, 15) is 0 Å². The smallest absolute Gasteiger partial charge is 0.158 e. The summed E-state index contributed by atoms with van der Waals surface area (Å²) in [4.78, 5) is 11.0. The molecule has 0 amide bonds. The average Bonchev–Trinajstić information content (AvgIpc) is 2.45. The van der Waals surface area contributed by atoms with E-state index in [4.69, 9.17) is 10.6 Å². The lowest BCUT2D eigenvalue weighted by Gasteiger charge is -2.22. The molecule has 0 aromatic carbocycles. The van der Waals surface area contributed by atoms with Crippen molar-refractivity contribution in [2.75, 3.05) is 30.0 Å². The van der Waals surface area contributed by atoms with Crippen molar-refractivity contribution in [3.8, 4) is 0 Å². The number of nitrogen functional groups attached to an aromatic ring is 1. The molecule has 1 rings (SSSR count). The molecule has 1 heterocycles. The third kappa shape index (κ3) is 5.00. The van der Waals surface area contributed by atoms with Crippen molar-refractivity contribution in [1.82, 2.24) is 9.97 Å². The zero-order valence-electron chi connectivity index (χ0n) is 12.1. The molecule has 0 aliphatic rings. The summed E-state index contributed by atoms with van der Waals surface area (Å²) in [5, 5.41) is 0. The minimum Gasteiger partial charge on any atom is -0.374 e. The van der Waals surface area contributed by atoms with Gasteiger partial charge in [-0.05, 0) is 20.3 Å². The van der Waals surface area contributed by atoms with Gasteiger partial charge >= 0.3 is 0 Å². The Morgan fingerprint density at radius 1 is 1.32 bits per heavy atom. The number of aromatic nitrogens is 2. The van der Waals surface area contributed by atoms with Crippen LogP contribution in [0.5, 0.6) is 0 Å². The van der Waals surface area contributed by atoms with Crippen LogP contribution in [0.1, 0.15) is 39.4 Å². The summed E-state index contributed by atoms with van der Waals surface area (Å²) in [6.07, 6.45) is 2.30. The fourth-order valence-electron chi connectivity index (χ4n) is 1.76. The zero-order valence-corrected chi connectivity index (χ0v) is 12.1. The summed E-state index contributed by atoms with van der Waals surface area (Å²) in [7, 11) is 0. The molecule has 19 heavy (non-hydrogen) atoms. The van der Waals surface area contributed by atoms with Gasteiger partial charge in [-0.2, -0.15) is 0 Å². The number of hydrogen-bond acceptors (Lipinski definition) is 6. The molecule has 108 valence electrons. The van der Waals surface area contributed by atoms with Crippen LogP contribution in [0.2, 0.25) is 0 Å². The molecule has 1 aromatic rings. The second-order valence-corrected chi connectivity index (χ2v) is 4.24. The Morgan fingerprint density at radius 3 is 2.68 bits per heavy atom. The number of ether oxygens (including phenoxy) is 1. The maximum absolute atomic E-state index is 5.46. The Bertz CT molecular complexity index is 372. The summed E-state index contributed by atoms with van der Waals surface area (Å²) >= 11 is 0. The summed E-state index contributed by atoms with van der Waals surface area (Å²) in [6, 6.07) is 1.87. The Labute approximate surface area is 115 Å². The van der Waals surface area contributed by atoms with Crippen molar-refractivity contribution in [3.05, 3.63) is 11.9 Å². The van der Waals surface area contributed by atoms with Gasteiger partial charge < -0.3 is 15.1 Å².